The van der Waals surface area contributed by atoms with Crippen molar-refractivity contribution in [2.75, 3.05) is 13.1 Å². The lowest BCUT2D eigenvalue weighted by molar-refractivity contribution is -0.142. The van der Waals surface area contributed by atoms with Crippen LogP contribution in [0.3, 0.4) is 0 Å². The van der Waals surface area contributed by atoms with E-state index in [1.807, 2.05) is 60.7 Å². The molecule has 1 aliphatic heterocycles. The molecule has 1 aliphatic carbocycles. The number of halogens is 2. The molecule has 0 radical (unpaired) electrons. The van der Waals surface area contributed by atoms with Crippen molar-refractivity contribution in [1.82, 2.24) is 9.80 Å². The van der Waals surface area contributed by atoms with Crippen molar-refractivity contribution in [3.63, 3.8) is 0 Å². The van der Waals surface area contributed by atoms with Gasteiger partial charge in [0.1, 0.15) is 5.60 Å². The van der Waals surface area contributed by atoms with Crippen LogP contribution in [-0.2, 0) is 17.9 Å². The summed E-state index contributed by atoms with van der Waals surface area (Å²) in [6.07, 6.45) is 0.715. The standard InChI is InChI=1S/C22H24F2N2O2/c23-22(24)16-26(20(27)21(28)11-12-21)15-19(22)25(13-17-7-3-1-4-8-17)14-18-9-5-2-6-10-18/h1-10,19,28H,11-16H2. The number of carbonyl (C=O) groups is 1. The van der Waals surface area contributed by atoms with E-state index in [2.05, 4.69) is 0 Å². The van der Waals surface area contributed by atoms with E-state index in [9.17, 15) is 18.7 Å². The topological polar surface area (TPSA) is 43.8 Å². The van der Waals surface area contributed by atoms with Gasteiger partial charge in [0.15, 0.2) is 0 Å². The minimum atomic E-state index is -3.04. The van der Waals surface area contributed by atoms with Crippen LogP contribution in [0.4, 0.5) is 8.78 Å². The van der Waals surface area contributed by atoms with E-state index in [4.69, 9.17) is 0 Å². The largest absolute Gasteiger partial charge is 0.380 e. The zero-order valence-electron chi connectivity index (χ0n) is 15.6. The molecule has 6 heteroatoms. The van der Waals surface area contributed by atoms with E-state index in [-0.39, 0.29) is 6.54 Å². The third-order valence-electron chi connectivity index (χ3n) is 5.59. The third-order valence-corrected chi connectivity index (χ3v) is 5.59. The molecule has 2 aromatic rings. The molecule has 0 aromatic heterocycles. The van der Waals surface area contributed by atoms with E-state index in [0.29, 0.717) is 25.9 Å². The molecule has 0 spiro atoms. The highest BCUT2D eigenvalue weighted by molar-refractivity contribution is 5.88. The van der Waals surface area contributed by atoms with Crippen molar-refractivity contribution in [2.24, 2.45) is 0 Å². The molecule has 148 valence electrons. The summed E-state index contributed by atoms with van der Waals surface area (Å²) in [5.41, 5.74) is 0.467. The van der Waals surface area contributed by atoms with Gasteiger partial charge in [0, 0.05) is 19.6 Å². The minimum absolute atomic E-state index is 0.0756. The number of benzene rings is 2. The highest BCUT2D eigenvalue weighted by Gasteiger charge is 2.57. The maximum absolute atomic E-state index is 15.0. The summed E-state index contributed by atoms with van der Waals surface area (Å²) < 4.78 is 29.9. The number of amides is 1. The molecule has 1 atom stereocenters. The van der Waals surface area contributed by atoms with Crippen molar-refractivity contribution in [3.05, 3.63) is 71.8 Å². The average molecular weight is 386 g/mol. The lowest BCUT2D eigenvalue weighted by Crippen LogP contribution is -2.46. The highest BCUT2D eigenvalue weighted by Crippen LogP contribution is 2.40. The van der Waals surface area contributed by atoms with Crippen LogP contribution in [0, 0.1) is 0 Å². The Kier molecular flexibility index (Phi) is 4.93. The van der Waals surface area contributed by atoms with Crippen molar-refractivity contribution < 1.29 is 18.7 Å². The quantitative estimate of drug-likeness (QED) is 0.830. The fourth-order valence-electron chi connectivity index (χ4n) is 3.84. The van der Waals surface area contributed by atoms with Crippen LogP contribution in [0.25, 0.3) is 0 Å². The molecule has 1 amide bonds. The van der Waals surface area contributed by atoms with Crippen LogP contribution in [-0.4, -0.2) is 51.5 Å². The summed E-state index contributed by atoms with van der Waals surface area (Å²) in [7, 11) is 0. The molecule has 4 rings (SSSR count). The lowest BCUT2D eigenvalue weighted by Gasteiger charge is -2.32. The summed E-state index contributed by atoms with van der Waals surface area (Å²) in [5, 5.41) is 10.1. The molecule has 1 N–H and O–H groups in total. The second-order valence-electron chi connectivity index (χ2n) is 7.87. The molecule has 0 bridgehead atoms. The second-order valence-corrected chi connectivity index (χ2v) is 7.87. The van der Waals surface area contributed by atoms with Gasteiger partial charge in [-0.1, -0.05) is 60.7 Å². The van der Waals surface area contributed by atoms with Crippen LogP contribution >= 0.6 is 0 Å². The molecule has 2 fully saturated rings. The normalized spacial score (nSPS) is 22.4. The molecule has 1 heterocycles. The minimum Gasteiger partial charge on any atom is -0.380 e. The predicted molar refractivity (Wildman–Crippen MR) is 102 cm³/mol. The Morgan fingerprint density at radius 1 is 1.00 bits per heavy atom. The number of hydrogen-bond donors (Lipinski definition) is 1. The van der Waals surface area contributed by atoms with Gasteiger partial charge >= 0.3 is 0 Å². The highest BCUT2D eigenvalue weighted by atomic mass is 19.3. The van der Waals surface area contributed by atoms with Gasteiger partial charge < -0.3 is 10.0 Å². The van der Waals surface area contributed by atoms with Crippen molar-refractivity contribution >= 4 is 5.91 Å². The zero-order chi connectivity index (χ0) is 19.8. The summed E-state index contributed by atoms with van der Waals surface area (Å²) in [4.78, 5) is 15.3. The number of aliphatic hydroxyl groups is 1. The van der Waals surface area contributed by atoms with Crippen molar-refractivity contribution in [3.8, 4) is 0 Å². The van der Waals surface area contributed by atoms with Crippen LogP contribution in [0.2, 0.25) is 0 Å². The van der Waals surface area contributed by atoms with Crippen LogP contribution in [0.15, 0.2) is 60.7 Å². The zero-order valence-corrected chi connectivity index (χ0v) is 15.6. The maximum atomic E-state index is 15.0. The SMILES string of the molecule is O=C(N1CC(N(Cc2ccccc2)Cc2ccccc2)C(F)(F)C1)C1(O)CC1. The van der Waals surface area contributed by atoms with E-state index in [1.165, 1.54) is 0 Å². The third kappa shape index (κ3) is 3.93. The van der Waals surface area contributed by atoms with Crippen LogP contribution in [0.5, 0.6) is 0 Å². The van der Waals surface area contributed by atoms with E-state index >= 15 is 0 Å². The fraction of sp³-hybridized carbons (Fsp3) is 0.409. The lowest BCUT2D eigenvalue weighted by atomic mass is 10.1. The van der Waals surface area contributed by atoms with Gasteiger partial charge in [-0.15, -0.1) is 0 Å². The monoisotopic (exact) mass is 386 g/mol. The Morgan fingerprint density at radius 3 is 1.96 bits per heavy atom. The second kappa shape index (κ2) is 7.26. The molecule has 1 unspecified atom stereocenters. The van der Waals surface area contributed by atoms with E-state index < -0.39 is 30.0 Å². The predicted octanol–water partition coefficient (Wildman–Crippen LogP) is 3.06. The van der Waals surface area contributed by atoms with Crippen molar-refractivity contribution in [1.29, 1.82) is 0 Å². The number of alkyl halides is 2. The maximum Gasteiger partial charge on any atom is 0.282 e. The number of nitrogens with zero attached hydrogens (tertiary/aromatic N) is 2. The Balaban J connectivity index is 1.58. The Labute approximate surface area is 163 Å². The van der Waals surface area contributed by atoms with Gasteiger partial charge in [0.2, 0.25) is 0 Å². The number of carbonyl (C=O) groups excluding carboxylic acids is 1. The van der Waals surface area contributed by atoms with Gasteiger partial charge in [-0.3, -0.25) is 9.69 Å². The molecule has 1 saturated heterocycles. The first-order valence-electron chi connectivity index (χ1n) is 9.59. The smallest absolute Gasteiger partial charge is 0.282 e. The summed E-state index contributed by atoms with van der Waals surface area (Å²) in [5.74, 6) is -3.60. The van der Waals surface area contributed by atoms with E-state index in [0.717, 1.165) is 16.0 Å². The summed E-state index contributed by atoms with van der Waals surface area (Å²) in [6, 6.07) is 17.9. The summed E-state index contributed by atoms with van der Waals surface area (Å²) >= 11 is 0. The first-order chi connectivity index (χ1) is 13.4. The molecular weight excluding hydrogens is 362 g/mol. The summed E-state index contributed by atoms with van der Waals surface area (Å²) in [6.45, 7) is 0.0112. The van der Waals surface area contributed by atoms with E-state index in [1.54, 1.807) is 4.90 Å². The molecule has 4 nitrogen and oxygen atoms in total. The Bertz CT molecular complexity index is 783. The van der Waals surface area contributed by atoms with Gasteiger partial charge in [-0.2, -0.15) is 0 Å². The molecule has 2 aromatic carbocycles. The molecule has 1 saturated carbocycles. The van der Waals surface area contributed by atoms with Crippen LogP contribution in [0.1, 0.15) is 24.0 Å². The Hall–Kier alpha value is -2.31. The van der Waals surface area contributed by atoms with Crippen LogP contribution < -0.4 is 0 Å². The van der Waals surface area contributed by atoms with Crippen molar-refractivity contribution in [2.45, 2.75) is 43.5 Å². The first kappa shape index (κ1) is 19.0. The van der Waals surface area contributed by atoms with Gasteiger partial charge in [0.05, 0.1) is 12.6 Å². The van der Waals surface area contributed by atoms with Gasteiger partial charge in [0.25, 0.3) is 11.8 Å². The van der Waals surface area contributed by atoms with Gasteiger partial charge in [-0.05, 0) is 24.0 Å². The molecule has 28 heavy (non-hydrogen) atoms. The number of hydrogen-bond acceptors (Lipinski definition) is 3. The fourth-order valence-corrected chi connectivity index (χ4v) is 3.84. The first-order valence-corrected chi connectivity index (χ1v) is 9.59. The molecular formula is C22H24F2N2O2. The number of likely N-dealkylation sites (tertiary alicyclic amines) is 1. The van der Waals surface area contributed by atoms with Gasteiger partial charge in [-0.25, -0.2) is 8.78 Å². The average Bonchev–Trinajstić information content (AvgIpc) is 3.35. The molecule has 2 aliphatic rings. The Morgan fingerprint density at radius 2 is 1.50 bits per heavy atom. The number of rotatable bonds is 6.